The molecule has 4 nitrogen and oxygen atoms in total. The normalized spacial score (nSPS) is 15.0. The Kier molecular flexibility index (Phi) is 4.79. The standard InChI is InChI=1S/C13H15BF3NO3/c1-2-8-9(15)11(17)12(18-6-4-3-5-7-18)13(10(8)16)21-14(19)20/h2,19-20H,1,3-7H2. The highest BCUT2D eigenvalue weighted by atomic mass is 19.2. The molecule has 0 amide bonds. The van der Waals surface area contributed by atoms with Gasteiger partial charge in [0.15, 0.2) is 23.2 Å². The van der Waals surface area contributed by atoms with Crippen molar-refractivity contribution in [1.82, 2.24) is 0 Å². The number of anilines is 1. The van der Waals surface area contributed by atoms with Crippen LogP contribution < -0.4 is 9.55 Å². The number of halogens is 3. The van der Waals surface area contributed by atoms with Gasteiger partial charge in [0.05, 0.1) is 5.56 Å². The second kappa shape index (κ2) is 6.40. The predicted octanol–water partition coefficient (Wildman–Crippen LogP) is 2.09. The molecule has 0 aliphatic carbocycles. The summed E-state index contributed by atoms with van der Waals surface area (Å²) < 4.78 is 46.9. The van der Waals surface area contributed by atoms with E-state index in [1.54, 1.807) is 0 Å². The molecule has 1 saturated heterocycles. The number of rotatable bonds is 4. The number of hydrogen-bond acceptors (Lipinski definition) is 4. The molecule has 21 heavy (non-hydrogen) atoms. The van der Waals surface area contributed by atoms with Gasteiger partial charge in [-0.3, -0.25) is 0 Å². The van der Waals surface area contributed by atoms with Crippen molar-refractivity contribution in [3.63, 3.8) is 0 Å². The summed E-state index contributed by atoms with van der Waals surface area (Å²) in [6.07, 6.45) is 3.23. The lowest BCUT2D eigenvalue weighted by molar-refractivity contribution is 0.280. The third-order valence-electron chi connectivity index (χ3n) is 3.39. The Morgan fingerprint density at radius 1 is 1.05 bits per heavy atom. The summed E-state index contributed by atoms with van der Waals surface area (Å²) in [5, 5.41) is 17.8. The lowest BCUT2D eigenvalue weighted by atomic mass is 10.1. The van der Waals surface area contributed by atoms with Crippen LogP contribution in [0.2, 0.25) is 0 Å². The summed E-state index contributed by atoms with van der Waals surface area (Å²) in [5.74, 6) is -4.59. The molecule has 2 N–H and O–H groups in total. The Balaban J connectivity index is 2.61. The Bertz CT molecular complexity index is 548. The van der Waals surface area contributed by atoms with E-state index in [0.717, 1.165) is 25.3 Å². The zero-order chi connectivity index (χ0) is 15.6. The summed E-state index contributed by atoms with van der Waals surface area (Å²) in [5.41, 5.74) is -1.13. The van der Waals surface area contributed by atoms with Crippen LogP contribution in [0.1, 0.15) is 24.8 Å². The highest BCUT2D eigenvalue weighted by molar-refractivity contribution is 6.34. The lowest BCUT2D eigenvalue weighted by Gasteiger charge is -2.31. The van der Waals surface area contributed by atoms with E-state index in [-0.39, 0.29) is 0 Å². The van der Waals surface area contributed by atoms with Crippen LogP contribution in [0.4, 0.5) is 18.9 Å². The molecule has 0 spiro atoms. The second-order valence-corrected chi connectivity index (χ2v) is 4.73. The predicted molar refractivity (Wildman–Crippen MR) is 73.3 cm³/mol. The molecule has 1 fully saturated rings. The van der Waals surface area contributed by atoms with E-state index in [9.17, 15) is 13.2 Å². The molecule has 0 saturated carbocycles. The van der Waals surface area contributed by atoms with E-state index in [4.69, 9.17) is 10.0 Å². The van der Waals surface area contributed by atoms with Crippen molar-refractivity contribution in [3.05, 3.63) is 29.6 Å². The number of piperidine rings is 1. The third-order valence-corrected chi connectivity index (χ3v) is 3.39. The van der Waals surface area contributed by atoms with E-state index in [1.807, 2.05) is 0 Å². The second-order valence-electron chi connectivity index (χ2n) is 4.73. The number of nitrogens with zero attached hydrogens (tertiary/aromatic N) is 1. The van der Waals surface area contributed by atoms with Crippen molar-refractivity contribution in [2.45, 2.75) is 19.3 Å². The highest BCUT2D eigenvalue weighted by Crippen LogP contribution is 2.39. The van der Waals surface area contributed by atoms with Crippen molar-refractivity contribution >= 4 is 19.1 Å². The Morgan fingerprint density at radius 2 is 1.67 bits per heavy atom. The van der Waals surface area contributed by atoms with Crippen molar-refractivity contribution in [3.8, 4) is 5.75 Å². The lowest BCUT2D eigenvalue weighted by Crippen LogP contribution is -2.32. The van der Waals surface area contributed by atoms with Crippen LogP contribution in [0.15, 0.2) is 6.58 Å². The van der Waals surface area contributed by atoms with Crippen LogP contribution in [-0.4, -0.2) is 30.5 Å². The molecule has 0 aromatic heterocycles. The molecule has 1 aromatic carbocycles. The minimum absolute atomic E-state index is 0.404. The van der Waals surface area contributed by atoms with Crippen molar-refractivity contribution in [2.24, 2.45) is 0 Å². The van der Waals surface area contributed by atoms with E-state index in [0.29, 0.717) is 13.1 Å². The first-order valence-electron chi connectivity index (χ1n) is 6.58. The Hall–Kier alpha value is -1.67. The van der Waals surface area contributed by atoms with Crippen molar-refractivity contribution in [1.29, 1.82) is 0 Å². The average molecular weight is 301 g/mol. The molecule has 1 heterocycles. The highest BCUT2D eigenvalue weighted by Gasteiger charge is 2.31. The SMILES string of the molecule is C=Cc1c(F)c(F)c(N2CCCCC2)c(OB(O)O)c1F. The van der Waals surface area contributed by atoms with E-state index >= 15 is 0 Å². The van der Waals surface area contributed by atoms with E-state index in [2.05, 4.69) is 11.2 Å². The van der Waals surface area contributed by atoms with Crippen LogP contribution in [0.25, 0.3) is 6.08 Å². The molecule has 1 aliphatic rings. The summed E-state index contributed by atoms with van der Waals surface area (Å²) in [6.45, 7) is 4.02. The van der Waals surface area contributed by atoms with Gasteiger partial charge in [0, 0.05) is 13.1 Å². The van der Waals surface area contributed by atoms with Gasteiger partial charge in [0.2, 0.25) is 0 Å². The van der Waals surface area contributed by atoms with Gasteiger partial charge in [-0.05, 0) is 19.3 Å². The first-order chi connectivity index (χ1) is 9.97. The van der Waals surface area contributed by atoms with Crippen LogP contribution in [0, 0.1) is 17.5 Å². The summed E-state index contributed by atoms with van der Waals surface area (Å²) in [6, 6.07) is 0. The molecule has 1 aliphatic heterocycles. The van der Waals surface area contributed by atoms with Crippen LogP contribution in [0.5, 0.6) is 5.75 Å². The van der Waals surface area contributed by atoms with E-state index in [1.165, 1.54) is 4.90 Å². The molecule has 0 atom stereocenters. The molecule has 0 bridgehead atoms. The first kappa shape index (κ1) is 15.7. The third kappa shape index (κ3) is 3.01. The monoisotopic (exact) mass is 301 g/mol. The van der Waals surface area contributed by atoms with Gasteiger partial charge in [0.1, 0.15) is 5.69 Å². The molecule has 2 rings (SSSR count). The quantitative estimate of drug-likeness (QED) is 0.660. The van der Waals surface area contributed by atoms with Crippen molar-refractivity contribution in [2.75, 3.05) is 18.0 Å². The molecule has 0 unspecified atom stereocenters. The molecule has 1 aromatic rings. The molecule has 0 radical (unpaired) electrons. The zero-order valence-electron chi connectivity index (χ0n) is 11.3. The Morgan fingerprint density at radius 3 is 2.19 bits per heavy atom. The maximum absolute atomic E-state index is 14.3. The van der Waals surface area contributed by atoms with Gasteiger partial charge >= 0.3 is 7.32 Å². The smallest absolute Gasteiger partial charge is 0.508 e. The molecule has 114 valence electrons. The topological polar surface area (TPSA) is 52.9 Å². The van der Waals surface area contributed by atoms with Crippen LogP contribution >= 0.6 is 0 Å². The maximum Gasteiger partial charge on any atom is 0.707 e. The summed E-state index contributed by atoms with van der Waals surface area (Å²) >= 11 is 0. The summed E-state index contributed by atoms with van der Waals surface area (Å²) in [4.78, 5) is 1.44. The van der Waals surface area contributed by atoms with Gasteiger partial charge in [0.25, 0.3) is 0 Å². The first-order valence-corrected chi connectivity index (χ1v) is 6.58. The van der Waals surface area contributed by atoms with Gasteiger partial charge in [-0.15, -0.1) is 0 Å². The summed E-state index contributed by atoms with van der Waals surface area (Å²) in [7, 11) is -2.34. The van der Waals surface area contributed by atoms with E-state index < -0.39 is 41.8 Å². The van der Waals surface area contributed by atoms with Crippen LogP contribution in [-0.2, 0) is 0 Å². The van der Waals surface area contributed by atoms with Crippen molar-refractivity contribution < 1.29 is 27.9 Å². The molecule has 8 heteroatoms. The van der Waals surface area contributed by atoms with Gasteiger partial charge in [-0.2, -0.15) is 0 Å². The Labute approximate surface area is 120 Å². The molecular weight excluding hydrogens is 286 g/mol. The average Bonchev–Trinajstić information content (AvgIpc) is 2.46. The van der Waals surface area contributed by atoms with Crippen LogP contribution in [0.3, 0.4) is 0 Å². The largest absolute Gasteiger partial charge is 0.707 e. The maximum atomic E-state index is 14.3. The fraction of sp³-hybridized carbons (Fsp3) is 0.385. The van der Waals surface area contributed by atoms with Gasteiger partial charge in [-0.1, -0.05) is 12.7 Å². The zero-order valence-corrected chi connectivity index (χ0v) is 11.3. The fourth-order valence-corrected chi connectivity index (χ4v) is 2.44. The number of hydrogen-bond donors (Lipinski definition) is 2. The van der Waals surface area contributed by atoms with Gasteiger partial charge in [-0.25, -0.2) is 13.2 Å². The van der Waals surface area contributed by atoms with Gasteiger partial charge < -0.3 is 19.6 Å². The minimum atomic E-state index is -2.34. The molecular formula is C13H15BF3NO3. The fourth-order valence-electron chi connectivity index (χ4n) is 2.44. The number of benzene rings is 1. The minimum Gasteiger partial charge on any atom is -0.508 e.